The van der Waals surface area contributed by atoms with Crippen LogP contribution in [0.3, 0.4) is 0 Å². The molecule has 1 aromatic heterocycles. The van der Waals surface area contributed by atoms with Crippen molar-refractivity contribution in [1.29, 1.82) is 0 Å². The van der Waals surface area contributed by atoms with E-state index in [9.17, 15) is 9.59 Å². The Morgan fingerprint density at radius 2 is 2.24 bits per heavy atom. The summed E-state index contributed by atoms with van der Waals surface area (Å²) in [5.74, 6) is -0.935. The Bertz CT molecular complexity index is 517. The largest absolute Gasteiger partial charge is 0.481 e. The van der Waals surface area contributed by atoms with Crippen LogP contribution in [0, 0.1) is 0 Å². The van der Waals surface area contributed by atoms with Crippen molar-refractivity contribution < 1.29 is 19.4 Å². The molecule has 0 radical (unpaired) electrons. The third-order valence-electron chi connectivity index (χ3n) is 3.28. The fourth-order valence-electron chi connectivity index (χ4n) is 2.14. The normalized spacial score (nSPS) is 21.9. The summed E-state index contributed by atoms with van der Waals surface area (Å²) in [5, 5.41) is 11.4. The maximum atomic E-state index is 12.2. The van der Waals surface area contributed by atoms with E-state index in [0.29, 0.717) is 24.5 Å². The molecule has 1 saturated heterocycles. The molecule has 2 unspecified atom stereocenters. The van der Waals surface area contributed by atoms with Gasteiger partial charge in [-0.1, -0.05) is 0 Å². The molecule has 2 atom stereocenters. The number of pyridine rings is 1. The molecule has 2 rings (SSSR count). The lowest BCUT2D eigenvalue weighted by Gasteiger charge is -2.36. The van der Waals surface area contributed by atoms with E-state index in [2.05, 4.69) is 10.3 Å². The average molecular weight is 293 g/mol. The second kappa shape index (κ2) is 6.53. The maximum absolute atomic E-state index is 12.2. The quantitative estimate of drug-likeness (QED) is 0.877. The molecule has 1 aromatic rings. The van der Waals surface area contributed by atoms with E-state index in [-0.39, 0.29) is 24.6 Å². The van der Waals surface area contributed by atoms with Gasteiger partial charge in [0.1, 0.15) is 0 Å². The van der Waals surface area contributed by atoms with E-state index in [0.717, 1.165) is 0 Å². The number of carboxylic acids is 1. The number of nitrogens with one attached hydrogen (secondary N) is 1. The number of morpholine rings is 1. The third-order valence-corrected chi connectivity index (χ3v) is 3.28. The molecule has 0 aliphatic carbocycles. The van der Waals surface area contributed by atoms with Crippen LogP contribution in [0.15, 0.2) is 18.3 Å². The molecule has 1 aliphatic rings. The summed E-state index contributed by atoms with van der Waals surface area (Å²) < 4.78 is 5.48. The number of carboxylic acid groups (broad SMARTS) is 1. The van der Waals surface area contributed by atoms with Crippen molar-refractivity contribution in [3.63, 3.8) is 0 Å². The van der Waals surface area contributed by atoms with Crippen molar-refractivity contribution in [2.24, 2.45) is 0 Å². The van der Waals surface area contributed by atoms with Crippen LogP contribution in [0.1, 0.15) is 19.5 Å². The predicted octanol–water partition coefficient (Wildman–Crippen LogP) is 1.35. The second-order valence-electron chi connectivity index (χ2n) is 5.18. The summed E-state index contributed by atoms with van der Waals surface area (Å²) in [6, 6.07) is 3.05. The Hall–Kier alpha value is -2.15. The first kappa shape index (κ1) is 15.2. The van der Waals surface area contributed by atoms with Gasteiger partial charge in [-0.3, -0.25) is 9.78 Å². The van der Waals surface area contributed by atoms with E-state index < -0.39 is 5.97 Å². The van der Waals surface area contributed by atoms with Crippen LogP contribution in [-0.2, 0) is 16.0 Å². The number of aliphatic carboxylic acids is 1. The van der Waals surface area contributed by atoms with E-state index in [4.69, 9.17) is 9.84 Å². The molecule has 2 heterocycles. The summed E-state index contributed by atoms with van der Waals surface area (Å²) in [5.41, 5.74) is 0.995. The minimum absolute atomic E-state index is 0.0143. The Balaban J connectivity index is 1.97. The fraction of sp³-hybridized carbons (Fsp3) is 0.500. The topological polar surface area (TPSA) is 91.8 Å². The number of ether oxygens (including phenoxy) is 1. The van der Waals surface area contributed by atoms with Crippen molar-refractivity contribution in [2.75, 3.05) is 18.5 Å². The summed E-state index contributed by atoms with van der Waals surface area (Å²) in [4.78, 5) is 28.5. The maximum Gasteiger partial charge on any atom is 0.322 e. The van der Waals surface area contributed by atoms with Gasteiger partial charge in [-0.2, -0.15) is 0 Å². The van der Waals surface area contributed by atoms with Gasteiger partial charge in [0.15, 0.2) is 0 Å². The summed E-state index contributed by atoms with van der Waals surface area (Å²) >= 11 is 0. The van der Waals surface area contributed by atoms with E-state index in [1.165, 1.54) is 6.20 Å². The van der Waals surface area contributed by atoms with E-state index >= 15 is 0 Å². The Morgan fingerprint density at radius 1 is 1.48 bits per heavy atom. The molecule has 2 N–H and O–H groups in total. The molecule has 0 aromatic carbocycles. The van der Waals surface area contributed by atoms with Crippen LogP contribution in [0.5, 0.6) is 0 Å². The summed E-state index contributed by atoms with van der Waals surface area (Å²) in [7, 11) is 0. The zero-order valence-corrected chi connectivity index (χ0v) is 12.1. The predicted molar refractivity (Wildman–Crippen MR) is 76.2 cm³/mol. The number of carbonyl (C=O) groups is 2. The van der Waals surface area contributed by atoms with E-state index in [1.54, 1.807) is 17.0 Å². The Kier molecular flexibility index (Phi) is 4.74. The number of nitrogens with zero attached hydrogens (tertiary/aromatic N) is 2. The monoisotopic (exact) mass is 293 g/mol. The van der Waals surface area contributed by atoms with Gasteiger partial charge in [0, 0.05) is 6.54 Å². The molecule has 21 heavy (non-hydrogen) atoms. The smallest absolute Gasteiger partial charge is 0.322 e. The lowest BCUT2D eigenvalue weighted by atomic mass is 10.2. The van der Waals surface area contributed by atoms with Gasteiger partial charge in [-0.25, -0.2) is 4.79 Å². The van der Waals surface area contributed by atoms with Crippen molar-refractivity contribution in [2.45, 2.75) is 32.4 Å². The van der Waals surface area contributed by atoms with Gasteiger partial charge < -0.3 is 20.1 Å². The number of hydrogen-bond acceptors (Lipinski definition) is 4. The molecule has 114 valence electrons. The molecular formula is C14H19N3O4. The van der Waals surface area contributed by atoms with Gasteiger partial charge >= 0.3 is 12.0 Å². The second-order valence-corrected chi connectivity index (χ2v) is 5.18. The molecule has 1 fully saturated rings. The van der Waals surface area contributed by atoms with Crippen molar-refractivity contribution >= 4 is 17.7 Å². The first-order valence-electron chi connectivity index (χ1n) is 6.81. The Labute approximate surface area is 122 Å². The molecule has 7 nitrogen and oxygen atoms in total. The third kappa shape index (κ3) is 4.16. The van der Waals surface area contributed by atoms with Crippen LogP contribution in [-0.4, -0.2) is 52.3 Å². The standard InChI is InChI=1S/C14H19N3O4/c1-9-8-21-10(2)7-17(9)14(20)16-12-4-3-11(15-6-12)5-13(18)19/h3-4,6,9-10H,5,7-8H2,1-2H3,(H,16,20)(H,18,19). The van der Waals surface area contributed by atoms with Crippen molar-refractivity contribution in [3.8, 4) is 0 Å². The molecule has 7 heteroatoms. The fourth-order valence-corrected chi connectivity index (χ4v) is 2.14. The van der Waals surface area contributed by atoms with Crippen LogP contribution in [0.4, 0.5) is 10.5 Å². The van der Waals surface area contributed by atoms with E-state index in [1.807, 2.05) is 13.8 Å². The van der Waals surface area contributed by atoms with Gasteiger partial charge in [-0.15, -0.1) is 0 Å². The number of hydrogen-bond donors (Lipinski definition) is 2. The number of carbonyl (C=O) groups excluding carboxylic acids is 1. The highest BCUT2D eigenvalue weighted by Gasteiger charge is 2.27. The first-order chi connectivity index (χ1) is 9.95. The van der Waals surface area contributed by atoms with Gasteiger partial charge in [0.25, 0.3) is 0 Å². The highest BCUT2D eigenvalue weighted by atomic mass is 16.5. The van der Waals surface area contributed by atoms with Crippen LogP contribution < -0.4 is 5.32 Å². The SMILES string of the molecule is CC1CN(C(=O)Nc2ccc(CC(=O)O)nc2)C(C)CO1. The van der Waals surface area contributed by atoms with Crippen LogP contribution in [0.25, 0.3) is 0 Å². The van der Waals surface area contributed by atoms with Crippen molar-refractivity contribution in [1.82, 2.24) is 9.88 Å². The molecule has 0 saturated carbocycles. The average Bonchev–Trinajstić information content (AvgIpc) is 2.43. The number of aromatic nitrogens is 1. The van der Waals surface area contributed by atoms with Crippen LogP contribution in [0.2, 0.25) is 0 Å². The summed E-state index contributed by atoms with van der Waals surface area (Å²) in [6.07, 6.45) is 1.35. The molecule has 1 aliphatic heterocycles. The minimum atomic E-state index is -0.935. The zero-order valence-electron chi connectivity index (χ0n) is 12.1. The number of rotatable bonds is 3. The van der Waals surface area contributed by atoms with Gasteiger partial charge in [-0.05, 0) is 26.0 Å². The Morgan fingerprint density at radius 3 is 2.86 bits per heavy atom. The molecule has 0 bridgehead atoms. The van der Waals surface area contributed by atoms with Crippen LogP contribution >= 0.6 is 0 Å². The number of amides is 2. The summed E-state index contributed by atoms with van der Waals surface area (Å²) in [6.45, 7) is 4.91. The highest BCUT2D eigenvalue weighted by molar-refractivity contribution is 5.89. The minimum Gasteiger partial charge on any atom is -0.481 e. The highest BCUT2D eigenvalue weighted by Crippen LogP contribution is 2.14. The van der Waals surface area contributed by atoms with Gasteiger partial charge in [0.05, 0.1) is 42.8 Å². The lowest BCUT2D eigenvalue weighted by molar-refractivity contribution is -0.136. The lowest BCUT2D eigenvalue weighted by Crippen LogP contribution is -2.51. The zero-order chi connectivity index (χ0) is 15.4. The first-order valence-corrected chi connectivity index (χ1v) is 6.81. The molecule has 0 spiro atoms. The molecule has 2 amide bonds. The number of urea groups is 1. The number of anilines is 1. The van der Waals surface area contributed by atoms with Crippen molar-refractivity contribution in [3.05, 3.63) is 24.0 Å². The van der Waals surface area contributed by atoms with Gasteiger partial charge in [0.2, 0.25) is 0 Å². The molecular weight excluding hydrogens is 274 g/mol.